The van der Waals surface area contributed by atoms with Crippen LogP contribution in [0.1, 0.15) is 0 Å². The number of benzene rings is 1. The molecule has 2 amide bonds. The molecule has 0 saturated carbocycles. The van der Waals surface area contributed by atoms with Gasteiger partial charge in [0.2, 0.25) is 0 Å². The molecule has 0 bridgehead atoms. The van der Waals surface area contributed by atoms with E-state index < -0.39 is 6.03 Å². The molecule has 1 aromatic carbocycles. The number of amides is 2. The van der Waals surface area contributed by atoms with Crippen molar-refractivity contribution in [2.75, 3.05) is 10.6 Å². The van der Waals surface area contributed by atoms with Gasteiger partial charge in [0.05, 0.1) is 11.4 Å². The number of urea groups is 1. The first-order valence-corrected chi connectivity index (χ1v) is 7.82. The molecular weight excluding hydrogens is 332 g/mol. The van der Waals surface area contributed by atoms with E-state index in [1.165, 1.54) is 6.07 Å². The second kappa shape index (κ2) is 6.52. The van der Waals surface area contributed by atoms with E-state index in [0.29, 0.717) is 22.8 Å². The van der Waals surface area contributed by atoms with Crippen molar-refractivity contribution in [2.24, 2.45) is 0 Å². The number of nitrogens with one attached hydrogen (secondary N) is 2. The van der Waals surface area contributed by atoms with Gasteiger partial charge in [-0.15, -0.1) is 10.2 Å². The van der Waals surface area contributed by atoms with Crippen molar-refractivity contribution in [1.29, 1.82) is 0 Å². The maximum Gasteiger partial charge on any atom is 0.323 e. The summed E-state index contributed by atoms with van der Waals surface area (Å²) in [4.78, 5) is 16.3. The molecule has 4 rings (SSSR count). The average molecular weight is 346 g/mol. The molecule has 0 aliphatic rings. The highest BCUT2D eigenvalue weighted by Gasteiger charge is 2.13. The van der Waals surface area contributed by atoms with Gasteiger partial charge in [-0.2, -0.15) is 0 Å². The zero-order chi connectivity index (χ0) is 17.9. The molecule has 3 heterocycles. The van der Waals surface area contributed by atoms with Crippen molar-refractivity contribution < 1.29 is 9.90 Å². The van der Waals surface area contributed by atoms with Crippen LogP contribution in [-0.2, 0) is 0 Å². The Morgan fingerprint density at radius 1 is 0.962 bits per heavy atom. The number of hydrogen-bond donors (Lipinski definition) is 3. The van der Waals surface area contributed by atoms with Gasteiger partial charge < -0.3 is 15.7 Å². The number of nitrogens with zero attached hydrogens (tertiary/aromatic N) is 4. The molecule has 0 fully saturated rings. The van der Waals surface area contributed by atoms with Crippen LogP contribution in [0.2, 0.25) is 0 Å². The Balaban J connectivity index is 1.62. The predicted octanol–water partition coefficient (Wildman–Crippen LogP) is 3.14. The third-order valence-corrected chi connectivity index (χ3v) is 3.75. The van der Waals surface area contributed by atoms with Crippen molar-refractivity contribution in [3.63, 3.8) is 0 Å². The molecule has 3 aromatic heterocycles. The third-order valence-electron chi connectivity index (χ3n) is 3.75. The van der Waals surface area contributed by atoms with E-state index in [0.717, 1.165) is 5.56 Å². The number of anilines is 2. The minimum atomic E-state index is -0.495. The van der Waals surface area contributed by atoms with E-state index in [4.69, 9.17) is 0 Å². The summed E-state index contributed by atoms with van der Waals surface area (Å²) < 4.78 is 1.77. The number of phenolic OH excluding ortho intramolecular Hbond substituents is 1. The second-order valence-electron chi connectivity index (χ2n) is 5.48. The lowest BCUT2D eigenvalue weighted by atomic mass is 10.2. The third kappa shape index (κ3) is 2.91. The minimum absolute atomic E-state index is 0.0119. The molecule has 0 spiro atoms. The Labute approximate surface area is 148 Å². The topological polar surface area (TPSA) is 104 Å². The first-order chi connectivity index (χ1) is 12.7. The van der Waals surface area contributed by atoms with Crippen LogP contribution in [0.3, 0.4) is 0 Å². The molecule has 4 aromatic rings. The molecule has 0 aliphatic heterocycles. The molecule has 0 saturated heterocycles. The van der Waals surface area contributed by atoms with Gasteiger partial charge in [0.1, 0.15) is 5.75 Å². The van der Waals surface area contributed by atoms with E-state index >= 15 is 0 Å². The summed E-state index contributed by atoms with van der Waals surface area (Å²) in [7, 11) is 0. The zero-order valence-electron chi connectivity index (χ0n) is 13.5. The van der Waals surface area contributed by atoms with Gasteiger partial charge in [-0.1, -0.05) is 12.1 Å². The summed E-state index contributed by atoms with van der Waals surface area (Å²) in [6.07, 6.45) is 5.19. The van der Waals surface area contributed by atoms with Crippen LogP contribution in [0.5, 0.6) is 5.75 Å². The normalized spacial score (nSPS) is 10.6. The van der Waals surface area contributed by atoms with Gasteiger partial charge in [-0.25, -0.2) is 4.79 Å². The summed E-state index contributed by atoms with van der Waals surface area (Å²) in [5.74, 6) is 0.611. The number of rotatable bonds is 3. The molecular formula is C18H14N6O2. The molecule has 0 atom stereocenters. The van der Waals surface area contributed by atoms with Crippen LogP contribution >= 0.6 is 0 Å². The number of pyridine rings is 2. The van der Waals surface area contributed by atoms with Crippen LogP contribution in [0, 0.1) is 0 Å². The number of aromatic nitrogens is 4. The number of fused-ring (bicyclic) bond motifs is 1. The summed E-state index contributed by atoms with van der Waals surface area (Å²) in [6.45, 7) is 0. The summed E-state index contributed by atoms with van der Waals surface area (Å²) in [6, 6.07) is 13.2. The Bertz CT molecular complexity index is 1080. The fraction of sp³-hybridized carbons (Fsp3) is 0. The quantitative estimate of drug-likeness (QED) is 0.494. The lowest BCUT2D eigenvalue weighted by Crippen LogP contribution is -2.20. The van der Waals surface area contributed by atoms with Gasteiger partial charge >= 0.3 is 6.03 Å². The van der Waals surface area contributed by atoms with Gasteiger partial charge in [-0.05, 0) is 36.4 Å². The maximum absolute atomic E-state index is 12.3. The monoisotopic (exact) mass is 346 g/mol. The van der Waals surface area contributed by atoms with Crippen LogP contribution in [0.25, 0.3) is 17.0 Å². The fourth-order valence-corrected chi connectivity index (χ4v) is 2.56. The fourth-order valence-electron chi connectivity index (χ4n) is 2.56. The second-order valence-corrected chi connectivity index (χ2v) is 5.48. The van der Waals surface area contributed by atoms with Crippen LogP contribution in [0.15, 0.2) is 67.1 Å². The highest BCUT2D eigenvalue weighted by atomic mass is 16.3. The van der Waals surface area contributed by atoms with Crippen LogP contribution in [0.4, 0.5) is 16.2 Å². The lowest BCUT2D eigenvalue weighted by Gasteiger charge is -2.09. The first-order valence-electron chi connectivity index (χ1n) is 7.82. The smallest absolute Gasteiger partial charge is 0.323 e. The molecule has 8 heteroatoms. The number of aromatic hydroxyl groups is 1. The van der Waals surface area contributed by atoms with Gasteiger partial charge in [0.15, 0.2) is 11.5 Å². The van der Waals surface area contributed by atoms with E-state index in [9.17, 15) is 9.90 Å². The Hall–Kier alpha value is -3.94. The molecule has 3 N–H and O–H groups in total. The summed E-state index contributed by atoms with van der Waals surface area (Å²) in [5.41, 5.74) is 2.12. The largest absolute Gasteiger partial charge is 0.506 e. The van der Waals surface area contributed by atoms with Crippen molar-refractivity contribution in [3.05, 3.63) is 67.1 Å². The van der Waals surface area contributed by atoms with Crippen molar-refractivity contribution >= 4 is 23.1 Å². The summed E-state index contributed by atoms with van der Waals surface area (Å²) >= 11 is 0. The molecule has 8 nitrogen and oxygen atoms in total. The zero-order valence-corrected chi connectivity index (χ0v) is 13.5. The maximum atomic E-state index is 12.3. The van der Waals surface area contributed by atoms with Gasteiger partial charge in [0, 0.05) is 24.2 Å². The Morgan fingerprint density at radius 2 is 1.77 bits per heavy atom. The SMILES string of the molecule is O=C(Nc1ccccc1O)Nc1cccn2c(-c3cccnc3)nnc12. The first kappa shape index (κ1) is 15.6. The summed E-state index contributed by atoms with van der Waals surface area (Å²) in [5, 5.41) is 23.4. The van der Waals surface area contributed by atoms with Crippen molar-refractivity contribution in [1.82, 2.24) is 19.6 Å². The van der Waals surface area contributed by atoms with Crippen LogP contribution < -0.4 is 10.6 Å². The number of phenols is 1. The highest BCUT2D eigenvalue weighted by molar-refractivity contribution is 6.02. The molecule has 0 radical (unpaired) electrons. The van der Waals surface area contributed by atoms with E-state index in [-0.39, 0.29) is 5.75 Å². The van der Waals surface area contributed by atoms with E-state index in [2.05, 4.69) is 25.8 Å². The number of carbonyl (C=O) groups excluding carboxylic acids is 1. The number of para-hydroxylation sites is 2. The van der Waals surface area contributed by atoms with Crippen LogP contribution in [-0.4, -0.2) is 30.7 Å². The molecule has 0 unspecified atom stereocenters. The molecule has 128 valence electrons. The van der Waals surface area contributed by atoms with E-state index in [1.54, 1.807) is 47.1 Å². The standard InChI is InChI=1S/C18H14N6O2/c25-15-8-2-1-6-13(15)20-18(26)21-14-7-4-10-24-16(22-23-17(14)24)12-5-3-9-19-11-12/h1-11,25H,(H2,20,21,26). The number of hydrogen-bond acceptors (Lipinski definition) is 5. The van der Waals surface area contributed by atoms with Crippen molar-refractivity contribution in [2.45, 2.75) is 0 Å². The number of carbonyl (C=O) groups is 1. The lowest BCUT2D eigenvalue weighted by molar-refractivity contribution is 0.262. The highest BCUT2D eigenvalue weighted by Crippen LogP contribution is 2.24. The molecule has 26 heavy (non-hydrogen) atoms. The Morgan fingerprint density at radius 3 is 2.58 bits per heavy atom. The van der Waals surface area contributed by atoms with Crippen molar-refractivity contribution in [3.8, 4) is 17.1 Å². The van der Waals surface area contributed by atoms with E-state index in [1.807, 2.05) is 18.3 Å². The van der Waals surface area contributed by atoms with Gasteiger partial charge in [-0.3, -0.25) is 9.38 Å². The van der Waals surface area contributed by atoms with Gasteiger partial charge in [0.25, 0.3) is 0 Å². The molecule has 0 aliphatic carbocycles. The minimum Gasteiger partial charge on any atom is -0.506 e. The average Bonchev–Trinajstić information content (AvgIpc) is 3.09. The predicted molar refractivity (Wildman–Crippen MR) is 97.0 cm³/mol. The Kier molecular flexibility index (Phi) is 3.91.